The summed E-state index contributed by atoms with van der Waals surface area (Å²) in [5.74, 6) is 0. The van der Waals surface area contributed by atoms with Crippen LogP contribution in [0.15, 0.2) is 0 Å². The number of likely N-dealkylation sites (N-methyl/N-ethyl adjacent to an activating group) is 2. The summed E-state index contributed by atoms with van der Waals surface area (Å²) in [6, 6.07) is 1.48. The zero-order valence-corrected chi connectivity index (χ0v) is 9.29. The van der Waals surface area contributed by atoms with Gasteiger partial charge in [-0.05, 0) is 14.1 Å². The first-order valence-corrected chi connectivity index (χ1v) is 5.58. The molecule has 4 heteroatoms. The molecular formula is C10H22N4. The molecule has 0 aromatic carbocycles. The Morgan fingerprint density at radius 3 is 1.50 bits per heavy atom. The summed E-state index contributed by atoms with van der Waals surface area (Å²) >= 11 is 0. The molecule has 2 fully saturated rings. The summed E-state index contributed by atoms with van der Waals surface area (Å²) in [6.45, 7) is 7.08. The van der Waals surface area contributed by atoms with Crippen LogP contribution in [0.25, 0.3) is 0 Å². The molecule has 0 aromatic rings. The minimum absolute atomic E-state index is 0.742. The smallest absolute Gasteiger partial charge is 0.0322 e. The van der Waals surface area contributed by atoms with Gasteiger partial charge in [-0.25, -0.2) is 0 Å². The molecule has 2 aliphatic heterocycles. The van der Waals surface area contributed by atoms with Gasteiger partial charge >= 0.3 is 0 Å². The van der Waals surface area contributed by atoms with Gasteiger partial charge in [-0.2, -0.15) is 0 Å². The normalized spacial score (nSPS) is 26.1. The predicted molar refractivity (Wildman–Crippen MR) is 58.6 cm³/mol. The Kier molecular flexibility index (Phi) is 3.38. The van der Waals surface area contributed by atoms with Gasteiger partial charge in [-0.15, -0.1) is 0 Å². The van der Waals surface area contributed by atoms with E-state index >= 15 is 0 Å². The number of likely N-dealkylation sites (tertiary alicyclic amines) is 2. The zero-order valence-electron chi connectivity index (χ0n) is 9.29. The Morgan fingerprint density at radius 2 is 1.21 bits per heavy atom. The van der Waals surface area contributed by atoms with E-state index in [0.717, 1.165) is 25.2 Å². The van der Waals surface area contributed by atoms with Crippen molar-refractivity contribution >= 4 is 0 Å². The average molecular weight is 198 g/mol. The van der Waals surface area contributed by atoms with E-state index in [1.165, 1.54) is 26.2 Å². The second kappa shape index (κ2) is 4.57. The topological polar surface area (TPSA) is 30.5 Å². The molecule has 2 N–H and O–H groups in total. The Morgan fingerprint density at radius 1 is 0.857 bits per heavy atom. The molecule has 2 heterocycles. The summed E-state index contributed by atoms with van der Waals surface area (Å²) in [5.41, 5.74) is 0. The Labute approximate surface area is 86.6 Å². The van der Waals surface area contributed by atoms with E-state index in [4.69, 9.17) is 0 Å². The molecule has 0 saturated carbocycles. The van der Waals surface area contributed by atoms with Gasteiger partial charge in [0.1, 0.15) is 0 Å². The molecule has 82 valence electrons. The summed E-state index contributed by atoms with van der Waals surface area (Å²) < 4.78 is 0. The number of rotatable bonds is 5. The highest BCUT2D eigenvalue weighted by atomic mass is 15.2. The third-order valence-electron chi connectivity index (χ3n) is 3.12. The number of hydrogen-bond acceptors (Lipinski definition) is 4. The van der Waals surface area contributed by atoms with Gasteiger partial charge in [0, 0.05) is 51.4 Å². The van der Waals surface area contributed by atoms with Gasteiger partial charge < -0.3 is 20.4 Å². The summed E-state index contributed by atoms with van der Waals surface area (Å²) in [7, 11) is 4.33. The van der Waals surface area contributed by atoms with Crippen molar-refractivity contribution in [3.05, 3.63) is 0 Å². The Hall–Kier alpha value is -0.160. The molecule has 0 radical (unpaired) electrons. The van der Waals surface area contributed by atoms with Crippen molar-refractivity contribution in [2.75, 3.05) is 53.4 Å². The van der Waals surface area contributed by atoms with Gasteiger partial charge in [0.05, 0.1) is 0 Å². The van der Waals surface area contributed by atoms with Crippen molar-refractivity contribution in [2.24, 2.45) is 0 Å². The molecule has 0 aromatic heterocycles. The molecule has 2 aliphatic rings. The summed E-state index contributed by atoms with van der Waals surface area (Å²) in [5, 5.41) is 7.09. The third-order valence-corrected chi connectivity index (χ3v) is 3.12. The lowest BCUT2D eigenvalue weighted by Crippen LogP contribution is -2.59. The fraction of sp³-hybridized carbons (Fsp3) is 1.00. The van der Waals surface area contributed by atoms with Crippen LogP contribution in [0.1, 0.15) is 0 Å². The molecule has 2 saturated heterocycles. The highest BCUT2D eigenvalue weighted by Crippen LogP contribution is 2.03. The van der Waals surface area contributed by atoms with Gasteiger partial charge in [0.2, 0.25) is 0 Å². The van der Waals surface area contributed by atoms with Crippen molar-refractivity contribution in [3.63, 3.8) is 0 Å². The lowest BCUT2D eigenvalue weighted by molar-refractivity contribution is 0.151. The molecule has 0 unspecified atom stereocenters. The van der Waals surface area contributed by atoms with Crippen LogP contribution in [0.5, 0.6) is 0 Å². The molecular weight excluding hydrogens is 176 g/mol. The van der Waals surface area contributed by atoms with Crippen LogP contribution in [-0.4, -0.2) is 75.2 Å². The first-order valence-electron chi connectivity index (χ1n) is 5.58. The lowest BCUT2D eigenvalue weighted by atomic mass is 10.1. The molecule has 0 atom stereocenters. The Bertz CT molecular complexity index is 153. The fourth-order valence-electron chi connectivity index (χ4n) is 2.21. The second-order valence-corrected chi connectivity index (χ2v) is 4.74. The standard InChI is InChI=1S/C10H22N4/c1-13-5-9(6-13)11-3-4-12-10-7-14(2)8-10/h9-12H,3-8H2,1-2H3. The van der Waals surface area contributed by atoms with Crippen molar-refractivity contribution < 1.29 is 0 Å². The van der Waals surface area contributed by atoms with E-state index < -0.39 is 0 Å². The minimum atomic E-state index is 0.742. The number of hydrogen-bond donors (Lipinski definition) is 2. The van der Waals surface area contributed by atoms with Crippen LogP contribution in [0.4, 0.5) is 0 Å². The van der Waals surface area contributed by atoms with Crippen molar-refractivity contribution in [3.8, 4) is 0 Å². The van der Waals surface area contributed by atoms with Crippen molar-refractivity contribution in [1.29, 1.82) is 0 Å². The first-order chi connectivity index (χ1) is 6.74. The highest BCUT2D eigenvalue weighted by Gasteiger charge is 2.23. The third kappa shape index (κ3) is 2.67. The first kappa shape index (κ1) is 10.4. The molecule has 14 heavy (non-hydrogen) atoms. The number of nitrogens with one attached hydrogen (secondary N) is 2. The predicted octanol–water partition coefficient (Wildman–Crippen LogP) is -1.21. The van der Waals surface area contributed by atoms with Crippen molar-refractivity contribution in [2.45, 2.75) is 12.1 Å². The maximum atomic E-state index is 3.55. The number of nitrogens with zero attached hydrogens (tertiary/aromatic N) is 2. The zero-order chi connectivity index (χ0) is 9.97. The van der Waals surface area contributed by atoms with Crippen LogP contribution >= 0.6 is 0 Å². The fourth-order valence-corrected chi connectivity index (χ4v) is 2.21. The monoisotopic (exact) mass is 198 g/mol. The van der Waals surface area contributed by atoms with Gasteiger partial charge in [0.25, 0.3) is 0 Å². The molecule has 2 rings (SSSR count). The minimum Gasteiger partial charge on any atom is -0.310 e. The van der Waals surface area contributed by atoms with Gasteiger partial charge in [-0.1, -0.05) is 0 Å². The van der Waals surface area contributed by atoms with E-state index in [9.17, 15) is 0 Å². The summed E-state index contributed by atoms with van der Waals surface area (Å²) in [6.07, 6.45) is 0. The maximum Gasteiger partial charge on any atom is 0.0322 e. The van der Waals surface area contributed by atoms with E-state index in [0.29, 0.717) is 0 Å². The van der Waals surface area contributed by atoms with Crippen LogP contribution in [0.2, 0.25) is 0 Å². The van der Waals surface area contributed by atoms with E-state index in [1.807, 2.05) is 0 Å². The van der Waals surface area contributed by atoms with Crippen LogP contribution in [0.3, 0.4) is 0 Å². The second-order valence-electron chi connectivity index (χ2n) is 4.74. The van der Waals surface area contributed by atoms with Gasteiger partial charge in [-0.3, -0.25) is 0 Å². The average Bonchev–Trinajstić information content (AvgIpc) is 2.05. The lowest BCUT2D eigenvalue weighted by Gasteiger charge is -2.38. The van der Waals surface area contributed by atoms with E-state index in [2.05, 4.69) is 34.5 Å². The van der Waals surface area contributed by atoms with Crippen molar-refractivity contribution in [1.82, 2.24) is 20.4 Å². The molecule has 0 spiro atoms. The van der Waals surface area contributed by atoms with Crippen LogP contribution < -0.4 is 10.6 Å². The summed E-state index contributed by atoms with van der Waals surface area (Å²) in [4.78, 5) is 4.68. The van der Waals surface area contributed by atoms with E-state index in [-0.39, 0.29) is 0 Å². The molecule has 0 aliphatic carbocycles. The Balaban J connectivity index is 1.40. The molecule has 0 bridgehead atoms. The van der Waals surface area contributed by atoms with Crippen LogP contribution in [0, 0.1) is 0 Å². The molecule has 4 nitrogen and oxygen atoms in total. The highest BCUT2D eigenvalue weighted by molar-refractivity contribution is 4.85. The maximum absolute atomic E-state index is 3.55. The largest absolute Gasteiger partial charge is 0.310 e. The SMILES string of the molecule is CN1CC(NCCNC2CN(C)C2)C1. The van der Waals surface area contributed by atoms with E-state index in [1.54, 1.807) is 0 Å². The molecule has 0 amide bonds. The quantitative estimate of drug-likeness (QED) is 0.543. The van der Waals surface area contributed by atoms with Gasteiger partial charge in [0.15, 0.2) is 0 Å². The van der Waals surface area contributed by atoms with Crippen LogP contribution in [-0.2, 0) is 0 Å².